The van der Waals surface area contributed by atoms with Crippen molar-refractivity contribution >= 4 is 11.7 Å². The number of benzene rings is 3. The minimum absolute atomic E-state index is 0.141. The van der Waals surface area contributed by atoms with Crippen LogP contribution < -0.4 is 10.1 Å². The van der Waals surface area contributed by atoms with E-state index in [2.05, 4.69) is 36.5 Å². The molecule has 2 atom stereocenters. The number of methoxy groups -OCH3 is 1. The summed E-state index contributed by atoms with van der Waals surface area (Å²) in [6.07, 6.45) is 0.269. The van der Waals surface area contributed by atoms with E-state index in [0.717, 1.165) is 22.4 Å². The van der Waals surface area contributed by atoms with Crippen LogP contribution in [0.15, 0.2) is 71.7 Å². The lowest BCUT2D eigenvalue weighted by molar-refractivity contribution is 0.0600. The monoisotopic (exact) mass is 444 g/mol. The molecule has 6 nitrogen and oxygen atoms in total. The third-order valence-electron chi connectivity index (χ3n) is 5.78. The van der Waals surface area contributed by atoms with Crippen LogP contribution in [0.1, 0.15) is 58.2 Å². The molecule has 1 heterocycles. The summed E-state index contributed by atoms with van der Waals surface area (Å²) in [7, 11) is 1.37. The summed E-state index contributed by atoms with van der Waals surface area (Å²) in [5, 5.41) is 14.4. The van der Waals surface area contributed by atoms with Gasteiger partial charge in [0, 0.05) is 23.7 Å². The molecule has 1 aliphatic heterocycles. The highest BCUT2D eigenvalue weighted by Gasteiger charge is 2.28. The molecule has 0 amide bonds. The predicted molar refractivity (Wildman–Crippen MR) is 128 cm³/mol. The smallest absolute Gasteiger partial charge is 0.337 e. The van der Waals surface area contributed by atoms with Gasteiger partial charge in [0.1, 0.15) is 6.17 Å². The quantitative estimate of drug-likeness (QED) is 0.517. The number of nitrogens with one attached hydrogen (secondary N) is 1. The van der Waals surface area contributed by atoms with Gasteiger partial charge in [-0.2, -0.15) is 0 Å². The van der Waals surface area contributed by atoms with Crippen LogP contribution >= 0.6 is 0 Å². The normalized spacial score (nSPS) is 17.8. The Balaban J connectivity index is 1.72. The Labute approximate surface area is 193 Å². The van der Waals surface area contributed by atoms with E-state index in [1.165, 1.54) is 12.7 Å². The first kappa shape index (κ1) is 22.6. The molecule has 0 aromatic heterocycles. The number of aryl methyl sites for hydroxylation is 1. The number of nitrogens with zero attached hydrogens (tertiary/aromatic N) is 1. The van der Waals surface area contributed by atoms with Crippen LogP contribution in [0.5, 0.6) is 11.5 Å². The Kier molecular flexibility index (Phi) is 6.75. The highest BCUT2D eigenvalue weighted by atomic mass is 16.5. The second-order valence-corrected chi connectivity index (χ2v) is 8.01. The molecule has 3 aromatic carbocycles. The maximum Gasteiger partial charge on any atom is 0.337 e. The Morgan fingerprint density at radius 2 is 1.82 bits per heavy atom. The van der Waals surface area contributed by atoms with E-state index >= 15 is 0 Å². The lowest BCUT2D eigenvalue weighted by Crippen LogP contribution is -2.33. The molecule has 6 heteroatoms. The lowest BCUT2D eigenvalue weighted by atomic mass is 9.93. The van der Waals surface area contributed by atoms with Crippen molar-refractivity contribution in [2.45, 2.75) is 32.5 Å². The van der Waals surface area contributed by atoms with Gasteiger partial charge in [-0.1, -0.05) is 54.1 Å². The minimum atomic E-state index is -0.377. The van der Waals surface area contributed by atoms with Crippen molar-refractivity contribution in [2.75, 3.05) is 13.7 Å². The summed E-state index contributed by atoms with van der Waals surface area (Å²) in [6, 6.07) is 20.9. The molecule has 3 aromatic rings. The van der Waals surface area contributed by atoms with Crippen molar-refractivity contribution in [3.8, 4) is 11.5 Å². The topological polar surface area (TPSA) is 80.2 Å². The molecule has 0 saturated heterocycles. The molecule has 1 aliphatic rings. The summed E-state index contributed by atoms with van der Waals surface area (Å²) >= 11 is 0. The van der Waals surface area contributed by atoms with E-state index in [1.807, 2.05) is 31.2 Å². The van der Waals surface area contributed by atoms with Crippen molar-refractivity contribution in [1.82, 2.24) is 5.32 Å². The molecular weight excluding hydrogens is 416 g/mol. The number of rotatable bonds is 6. The number of para-hydroxylation sites is 1. The van der Waals surface area contributed by atoms with E-state index in [4.69, 9.17) is 14.5 Å². The molecule has 0 saturated carbocycles. The van der Waals surface area contributed by atoms with Crippen LogP contribution in [0.25, 0.3) is 0 Å². The number of esters is 1. The maximum atomic E-state index is 11.8. The van der Waals surface area contributed by atoms with E-state index < -0.39 is 0 Å². The zero-order valence-corrected chi connectivity index (χ0v) is 19.0. The number of aliphatic imine (C=N–C) groups is 1. The zero-order chi connectivity index (χ0) is 23.4. The van der Waals surface area contributed by atoms with Gasteiger partial charge in [-0.05, 0) is 43.2 Å². The first-order chi connectivity index (χ1) is 16.0. The SMILES string of the molecule is CCOc1cccc(C2CC(c3ccc(C)cc3)=NC(c3ccc(C(=O)OC)cc3)N2)c1O. The van der Waals surface area contributed by atoms with Crippen LogP contribution in [0.3, 0.4) is 0 Å². The third-order valence-corrected chi connectivity index (χ3v) is 5.78. The van der Waals surface area contributed by atoms with Crippen molar-refractivity contribution in [2.24, 2.45) is 4.99 Å². The Hall–Kier alpha value is -3.64. The van der Waals surface area contributed by atoms with Gasteiger partial charge in [-0.3, -0.25) is 10.3 Å². The second kappa shape index (κ2) is 9.88. The molecule has 0 spiro atoms. The van der Waals surface area contributed by atoms with E-state index in [9.17, 15) is 9.90 Å². The van der Waals surface area contributed by atoms with Gasteiger partial charge >= 0.3 is 5.97 Å². The van der Waals surface area contributed by atoms with Crippen molar-refractivity contribution in [1.29, 1.82) is 0 Å². The molecule has 0 bridgehead atoms. The fourth-order valence-electron chi connectivity index (χ4n) is 4.01. The average molecular weight is 445 g/mol. The molecule has 0 fully saturated rings. The lowest BCUT2D eigenvalue weighted by Gasteiger charge is -2.31. The van der Waals surface area contributed by atoms with E-state index in [1.54, 1.807) is 18.2 Å². The molecule has 2 N–H and O–H groups in total. The number of hydrogen-bond donors (Lipinski definition) is 2. The molecular formula is C27H28N2O4. The summed E-state index contributed by atoms with van der Waals surface area (Å²) in [6.45, 7) is 4.42. The zero-order valence-electron chi connectivity index (χ0n) is 19.0. The van der Waals surface area contributed by atoms with Gasteiger partial charge in [0.2, 0.25) is 0 Å². The average Bonchev–Trinajstić information content (AvgIpc) is 2.85. The number of ether oxygens (including phenoxy) is 2. The Bertz CT molecular complexity index is 1150. The molecule has 0 aliphatic carbocycles. The summed E-state index contributed by atoms with van der Waals surface area (Å²) in [5.41, 5.74) is 5.33. The van der Waals surface area contributed by atoms with Gasteiger partial charge < -0.3 is 14.6 Å². The summed E-state index contributed by atoms with van der Waals surface area (Å²) in [5.74, 6) is 0.231. The van der Waals surface area contributed by atoms with Crippen molar-refractivity contribution < 1.29 is 19.4 Å². The van der Waals surface area contributed by atoms with Crippen molar-refractivity contribution in [3.63, 3.8) is 0 Å². The first-order valence-corrected chi connectivity index (χ1v) is 11.0. The largest absolute Gasteiger partial charge is 0.504 e. The molecule has 0 radical (unpaired) electrons. The van der Waals surface area contributed by atoms with E-state index in [0.29, 0.717) is 24.3 Å². The summed E-state index contributed by atoms with van der Waals surface area (Å²) in [4.78, 5) is 16.8. The fourth-order valence-corrected chi connectivity index (χ4v) is 4.01. The number of hydrogen-bond acceptors (Lipinski definition) is 6. The Morgan fingerprint density at radius 3 is 2.48 bits per heavy atom. The minimum Gasteiger partial charge on any atom is -0.504 e. The first-order valence-electron chi connectivity index (χ1n) is 11.0. The van der Waals surface area contributed by atoms with Gasteiger partial charge in [0.15, 0.2) is 11.5 Å². The number of phenolic OH excluding ortho intramolecular Hbond substituents is 1. The van der Waals surface area contributed by atoms with E-state index in [-0.39, 0.29) is 23.9 Å². The van der Waals surface area contributed by atoms with Crippen LogP contribution in [-0.4, -0.2) is 30.5 Å². The van der Waals surface area contributed by atoms with Gasteiger partial charge in [0.25, 0.3) is 0 Å². The summed E-state index contributed by atoms with van der Waals surface area (Å²) < 4.78 is 10.4. The highest BCUT2D eigenvalue weighted by molar-refractivity contribution is 6.01. The standard InChI is InChI=1S/C27H28N2O4/c1-4-33-24-7-5-6-21(25(24)30)23-16-22(18-10-8-17(2)9-11-18)28-26(29-23)19-12-14-20(15-13-19)27(31)32-3/h5-15,23,26,29-30H,4,16H2,1-3H3. The third kappa shape index (κ3) is 4.91. The number of carbonyl (C=O) groups excluding carboxylic acids is 1. The second-order valence-electron chi connectivity index (χ2n) is 8.01. The van der Waals surface area contributed by atoms with Gasteiger partial charge in [-0.25, -0.2) is 4.79 Å². The van der Waals surface area contributed by atoms with Crippen molar-refractivity contribution in [3.05, 3.63) is 94.5 Å². The van der Waals surface area contributed by atoms with Crippen LogP contribution in [0.2, 0.25) is 0 Å². The number of carbonyl (C=O) groups is 1. The predicted octanol–water partition coefficient (Wildman–Crippen LogP) is 5.11. The fraction of sp³-hybridized carbons (Fsp3) is 0.259. The van der Waals surface area contributed by atoms with Crippen LogP contribution in [0, 0.1) is 6.92 Å². The molecule has 4 rings (SSSR count). The van der Waals surface area contributed by atoms with Crippen LogP contribution in [-0.2, 0) is 4.74 Å². The van der Waals surface area contributed by atoms with Gasteiger partial charge in [0.05, 0.1) is 19.3 Å². The van der Waals surface area contributed by atoms with Gasteiger partial charge in [-0.15, -0.1) is 0 Å². The Morgan fingerprint density at radius 1 is 1.09 bits per heavy atom. The number of phenols is 1. The van der Waals surface area contributed by atoms with Crippen LogP contribution in [0.4, 0.5) is 0 Å². The maximum absolute atomic E-state index is 11.8. The molecule has 33 heavy (non-hydrogen) atoms. The highest BCUT2D eigenvalue weighted by Crippen LogP contribution is 2.38. The molecule has 170 valence electrons. The molecule has 2 unspecified atom stereocenters. The number of aromatic hydroxyl groups is 1.